The highest BCUT2D eigenvalue weighted by molar-refractivity contribution is 6.31. The van der Waals surface area contributed by atoms with Gasteiger partial charge in [-0.05, 0) is 41.7 Å². The Hall–Kier alpha value is -3.10. The summed E-state index contributed by atoms with van der Waals surface area (Å²) < 4.78 is 10.1. The van der Waals surface area contributed by atoms with Crippen molar-refractivity contribution in [2.45, 2.75) is 26.5 Å². The Morgan fingerprint density at radius 3 is 2.77 bits per heavy atom. The van der Waals surface area contributed by atoms with Crippen LogP contribution >= 0.6 is 11.6 Å². The molecule has 162 valence electrons. The van der Waals surface area contributed by atoms with Gasteiger partial charge in [0.05, 0.1) is 6.61 Å². The van der Waals surface area contributed by atoms with Crippen LogP contribution < -0.4 is 16.0 Å². The molecule has 9 heteroatoms. The fourth-order valence-electron chi connectivity index (χ4n) is 3.67. The third-order valence-corrected chi connectivity index (χ3v) is 5.83. The number of aryl methyl sites for hydroxylation is 1. The third kappa shape index (κ3) is 3.84. The Morgan fingerprint density at radius 2 is 2.03 bits per heavy atom. The Labute approximate surface area is 183 Å². The molecule has 4 rings (SSSR count). The highest BCUT2D eigenvalue weighted by atomic mass is 35.5. The van der Waals surface area contributed by atoms with Gasteiger partial charge < -0.3 is 9.84 Å². The SMILES string of the molecule is C[C@@H]1CC=C(Cl)C=C1Cn1c(Oc2cccc(CO)c2)nc2c1c(=O)n(C)c(=O)n2C. The number of ether oxygens (including phenoxy) is 1. The van der Waals surface area contributed by atoms with Gasteiger partial charge in [0.15, 0.2) is 11.2 Å². The Bertz CT molecular complexity index is 1350. The molecule has 2 aromatic heterocycles. The number of halogens is 1. The van der Waals surface area contributed by atoms with Crippen molar-refractivity contribution < 1.29 is 9.84 Å². The summed E-state index contributed by atoms with van der Waals surface area (Å²) in [4.78, 5) is 29.9. The van der Waals surface area contributed by atoms with Crippen LogP contribution in [0.25, 0.3) is 11.2 Å². The molecule has 0 bridgehead atoms. The van der Waals surface area contributed by atoms with E-state index in [1.54, 1.807) is 35.9 Å². The lowest BCUT2D eigenvalue weighted by Gasteiger charge is -2.20. The topological polar surface area (TPSA) is 91.3 Å². The van der Waals surface area contributed by atoms with Crippen LogP contribution in [0.5, 0.6) is 11.8 Å². The molecule has 0 saturated heterocycles. The largest absolute Gasteiger partial charge is 0.425 e. The predicted octanol–water partition coefficient (Wildman–Crippen LogP) is 2.81. The van der Waals surface area contributed by atoms with Crippen LogP contribution in [0.15, 0.2) is 56.6 Å². The van der Waals surface area contributed by atoms with E-state index in [0.717, 1.165) is 16.6 Å². The molecule has 3 aromatic rings. The Balaban J connectivity index is 1.92. The van der Waals surface area contributed by atoms with Gasteiger partial charge in [-0.2, -0.15) is 4.98 Å². The van der Waals surface area contributed by atoms with Gasteiger partial charge in [0, 0.05) is 25.7 Å². The predicted molar refractivity (Wildman–Crippen MR) is 118 cm³/mol. The molecule has 1 aliphatic rings. The lowest BCUT2D eigenvalue weighted by Crippen LogP contribution is -2.37. The molecule has 0 spiro atoms. The molecular weight excluding hydrogens is 420 g/mol. The normalized spacial score (nSPS) is 16.4. The molecule has 1 aliphatic carbocycles. The van der Waals surface area contributed by atoms with E-state index in [-0.39, 0.29) is 29.7 Å². The first-order valence-corrected chi connectivity index (χ1v) is 10.3. The van der Waals surface area contributed by atoms with Gasteiger partial charge in [-0.15, -0.1) is 0 Å². The van der Waals surface area contributed by atoms with Crippen molar-refractivity contribution in [2.24, 2.45) is 20.0 Å². The number of rotatable bonds is 5. The average molecular weight is 443 g/mol. The lowest BCUT2D eigenvalue weighted by molar-refractivity contribution is 0.281. The molecule has 0 radical (unpaired) electrons. The van der Waals surface area contributed by atoms with E-state index in [4.69, 9.17) is 16.3 Å². The number of imidazole rings is 1. The summed E-state index contributed by atoms with van der Waals surface area (Å²) in [6, 6.07) is 7.16. The molecular formula is C22H23ClN4O4. The minimum absolute atomic E-state index is 0.127. The number of allylic oxidation sites excluding steroid dienone is 4. The standard InChI is InChI=1S/C22H23ClN4O4/c1-13-7-8-16(23)10-15(13)11-27-18-19(25(2)22(30)26(3)20(18)29)24-21(27)31-17-6-4-5-14(9-17)12-28/h4-6,8-10,13,28H,7,11-12H2,1-3H3/t13-/m1/s1. The van der Waals surface area contributed by atoms with E-state index >= 15 is 0 Å². The molecule has 0 saturated carbocycles. The van der Waals surface area contributed by atoms with Crippen LogP contribution in [-0.2, 0) is 27.2 Å². The fraction of sp³-hybridized carbons (Fsp3) is 0.318. The van der Waals surface area contributed by atoms with Crippen LogP contribution in [-0.4, -0.2) is 23.8 Å². The molecule has 31 heavy (non-hydrogen) atoms. The zero-order chi connectivity index (χ0) is 22.3. The second-order valence-electron chi connectivity index (χ2n) is 7.71. The summed E-state index contributed by atoms with van der Waals surface area (Å²) >= 11 is 6.23. The molecule has 1 N–H and O–H groups in total. The maximum absolute atomic E-state index is 13.0. The number of nitrogens with zero attached hydrogens (tertiary/aromatic N) is 4. The number of aromatic nitrogens is 4. The van der Waals surface area contributed by atoms with Gasteiger partial charge in [0.2, 0.25) is 0 Å². The first-order valence-electron chi connectivity index (χ1n) is 9.90. The van der Waals surface area contributed by atoms with Crippen molar-refractivity contribution in [1.29, 1.82) is 0 Å². The average Bonchev–Trinajstić information content (AvgIpc) is 3.11. The molecule has 0 amide bonds. The first-order chi connectivity index (χ1) is 14.8. The number of aliphatic hydroxyl groups is 1. The first kappa shape index (κ1) is 21.1. The summed E-state index contributed by atoms with van der Waals surface area (Å²) in [7, 11) is 3.01. The summed E-state index contributed by atoms with van der Waals surface area (Å²) in [5, 5.41) is 10.1. The second kappa shape index (κ2) is 8.20. The fourth-order valence-corrected chi connectivity index (χ4v) is 3.90. The van der Waals surface area contributed by atoms with Crippen LogP contribution in [0, 0.1) is 5.92 Å². The van der Waals surface area contributed by atoms with Gasteiger partial charge in [-0.25, -0.2) is 4.79 Å². The van der Waals surface area contributed by atoms with Gasteiger partial charge in [0.1, 0.15) is 5.75 Å². The molecule has 2 heterocycles. The smallest absolute Gasteiger partial charge is 0.332 e. The summed E-state index contributed by atoms with van der Waals surface area (Å²) in [6.07, 6.45) is 4.65. The van der Waals surface area contributed by atoms with Gasteiger partial charge in [-0.1, -0.05) is 36.7 Å². The van der Waals surface area contributed by atoms with Crippen LogP contribution in [0.2, 0.25) is 0 Å². The Kier molecular flexibility index (Phi) is 5.60. The summed E-state index contributed by atoms with van der Waals surface area (Å²) in [6.45, 7) is 2.30. The molecule has 1 aromatic carbocycles. The van der Waals surface area contributed by atoms with Crippen molar-refractivity contribution in [3.05, 3.63) is 73.4 Å². The molecule has 8 nitrogen and oxygen atoms in total. The zero-order valence-electron chi connectivity index (χ0n) is 17.5. The third-order valence-electron chi connectivity index (χ3n) is 5.57. The van der Waals surface area contributed by atoms with Crippen molar-refractivity contribution in [1.82, 2.24) is 18.7 Å². The Morgan fingerprint density at radius 1 is 1.26 bits per heavy atom. The van der Waals surface area contributed by atoms with Crippen molar-refractivity contribution in [3.8, 4) is 11.8 Å². The number of hydrogen-bond donors (Lipinski definition) is 1. The molecule has 1 atom stereocenters. The van der Waals surface area contributed by atoms with Crippen LogP contribution in [0.4, 0.5) is 0 Å². The number of aliphatic hydroxyl groups excluding tert-OH is 1. The maximum atomic E-state index is 13.0. The highest BCUT2D eigenvalue weighted by Crippen LogP contribution is 2.31. The monoisotopic (exact) mass is 442 g/mol. The van der Waals surface area contributed by atoms with E-state index in [1.807, 2.05) is 12.2 Å². The number of hydrogen-bond acceptors (Lipinski definition) is 5. The van der Waals surface area contributed by atoms with Crippen molar-refractivity contribution in [2.75, 3.05) is 0 Å². The van der Waals surface area contributed by atoms with Crippen LogP contribution in [0.1, 0.15) is 18.9 Å². The van der Waals surface area contributed by atoms with Gasteiger partial charge >= 0.3 is 11.7 Å². The quantitative estimate of drug-likeness (QED) is 0.656. The lowest BCUT2D eigenvalue weighted by atomic mass is 9.93. The molecule has 0 fully saturated rings. The molecule has 0 unspecified atom stereocenters. The number of benzene rings is 1. The highest BCUT2D eigenvalue weighted by Gasteiger charge is 2.23. The van der Waals surface area contributed by atoms with Crippen molar-refractivity contribution >= 4 is 22.8 Å². The van der Waals surface area contributed by atoms with Crippen LogP contribution in [0.3, 0.4) is 0 Å². The zero-order valence-corrected chi connectivity index (χ0v) is 18.3. The minimum Gasteiger partial charge on any atom is -0.425 e. The maximum Gasteiger partial charge on any atom is 0.332 e. The summed E-state index contributed by atoms with van der Waals surface area (Å²) in [5.41, 5.74) is 1.31. The second-order valence-corrected chi connectivity index (χ2v) is 8.15. The van der Waals surface area contributed by atoms with Gasteiger partial charge in [-0.3, -0.25) is 18.5 Å². The number of fused-ring (bicyclic) bond motifs is 1. The van der Waals surface area contributed by atoms with E-state index < -0.39 is 11.2 Å². The van der Waals surface area contributed by atoms with E-state index in [1.165, 1.54) is 11.6 Å². The van der Waals surface area contributed by atoms with E-state index in [9.17, 15) is 14.7 Å². The van der Waals surface area contributed by atoms with Crippen molar-refractivity contribution in [3.63, 3.8) is 0 Å². The molecule has 0 aliphatic heterocycles. The van der Waals surface area contributed by atoms with E-state index in [0.29, 0.717) is 22.9 Å². The summed E-state index contributed by atoms with van der Waals surface area (Å²) in [5.74, 6) is 0.690. The van der Waals surface area contributed by atoms with Gasteiger partial charge in [0.25, 0.3) is 5.56 Å². The van der Waals surface area contributed by atoms with E-state index in [2.05, 4.69) is 11.9 Å². The minimum atomic E-state index is -0.466.